The SMILES string of the molecule is CN(CC(=O)Nc1cccc(N)c1)CC1CC2CCC1C2. The normalized spacial score (nSPS) is 27.2. The number of nitrogens with one attached hydrogen (secondary N) is 1. The molecule has 2 bridgehead atoms. The number of carbonyl (C=O) groups excluding carboxylic acids is 1. The number of hydrogen-bond donors (Lipinski definition) is 2. The Morgan fingerprint density at radius 1 is 1.38 bits per heavy atom. The molecule has 3 rings (SSSR count). The number of benzene rings is 1. The molecule has 1 amide bonds. The Morgan fingerprint density at radius 3 is 2.90 bits per heavy atom. The second-order valence-corrected chi connectivity index (χ2v) is 6.81. The Morgan fingerprint density at radius 2 is 2.24 bits per heavy atom. The molecule has 2 aliphatic carbocycles. The van der Waals surface area contributed by atoms with Crippen molar-refractivity contribution >= 4 is 17.3 Å². The third-order valence-electron chi connectivity index (χ3n) is 5.01. The molecule has 114 valence electrons. The van der Waals surface area contributed by atoms with Crippen LogP contribution in [0.2, 0.25) is 0 Å². The van der Waals surface area contributed by atoms with Gasteiger partial charge in [0.05, 0.1) is 6.54 Å². The van der Waals surface area contributed by atoms with Crippen LogP contribution in [0.15, 0.2) is 24.3 Å². The number of hydrogen-bond acceptors (Lipinski definition) is 3. The Labute approximate surface area is 126 Å². The van der Waals surface area contributed by atoms with E-state index in [4.69, 9.17) is 5.73 Å². The Hall–Kier alpha value is -1.55. The van der Waals surface area contributed by atoms with Gasteiger partial charge < -0.3 is 11.1 Å². The molecule has 0 spiro atoms. The lowest BCUT2D eigenvalue weighted by atomic mass is 9.88. The summed E-state index contributed by atoms with van der Waals surface area (Å²) >= 11 is 0. The van der Waals surface area contributed by atoms with Crippen molar-refractivity contribution in [2.24, 2.45) is 17.8 Å². The number of nitrogen functional groups attached to an aromatic ring is 1. The Kier molecular flexibility index (Phi) is 4.15. The van der Waals surface area contributed by atoms with Crippen LogP contribution in [-0.4, -0.2) is 30.9 Å². The monoisotopic (exact) mass is 287 g/mol. The van der Waals surface area contributed by atoms with Gasteiger partial charge in [0, 0.05) is 17.9 Å². The number of likely N-dealkylation sites (N-methyl/N-ethyl adjacent to an activating group) is 1. The van der Waals surface area contributed by atoms with Gasteiger partial charge in [-0.1, -0.05) is 12.5 Å². The lowest BCUT2D eigenvalue weighted by molar-refractivity contribution is -0.117. The van der Waals surface area contributed by atoms with Crippen molar-refractivity contribution in [2.75, 3.05) is 31.2 Å². The van der Waals surface area contributed by atoms with E-state index in [1.54, 1.807) is 6.07 Å². The molecule has 0 heterocycles. The van der Waals surface area contributed by atoms with Crippen LogP contribution >= 0.6 is 0 Å². The first-order chi connectivity index (χ1) is 10.1. The summed E-state index contributed by atoms with van der Waals surface area (Å²) < 4.78 is 0. The van der Waals surface area contributed by atoms with Crippen molar-refractivity contribution in [3.63, 3.8) is 0 Å². The summed E-state index contributed by atoms with van der Waals surface area (Å²) in [5, 5.41) is 2.91. The Balaban J connectivity index is 1.46. The van der Waals surface area contributed by atoms with E-state index in [0.29, 0.717) is 12.2 Å². The van der Waals surface area contributed by atoms with Gasteiger partial charge in [-0.05, 0) is 62.3 Å². The predicted molar refractivity (Wildman–Crippen MR) is 85.9 cm³/mol. The molecule has 3 unspecified atom stereocenters. The Bertz CT molecular complexity index is 517. The molecule has 2 saturated carbocycles. The summed E-state index contributed by atoms with van der Waals surface area (Å²) in [6.07, 6.45) is 5.62. The zero-order valence-corrected chi connectivity index (χ0v) is 12.7. The number of nitrogens with zero attached hydrogens (tertiary/aromatic N) is 1. The topological polar surface area (TPSA) is 58.4 Å². The van der Waals surface area contributed by atoms with E-state index < -0.39 is 0 Å². The van der Waals surface area contributed by atoms with Gasteiger partial charge in [0.1, 0.15) is 0 Å². The fourth-order valence-corrected chi connectivity index (χ4v) is 4.13. The first-order valence-electron chi connectivity index (χ1n) is 7.94. The lowest BCUT2D eigenvalue weighted by Crippen LogP contribution is -2.35. The van der Waals surface area contributed by atoms with E-state index in [1.807, 2.05) is 25.2 Å². The summed E-state index contributed by atoms with van der Waals surface area (Å²) in [6, 6.07) is 7.32. The average molecular weight is 287 g/mol. The molecule has 1 aromatic rings. The van der Waals surface area contributed by atoms with E-state index in [9.17, 15) is 4.79 Å². The largest absolute Gasteiger partial charge is 0.399 e. The molecule has 0 radical (unpaired) electrons. The molecule has 4 nitrogen and oxygen atoms in total. The highest BCUT2D eigenvalue weighted by molar-refractivity contribution is 5.92. The minimum absolute atomic E-state index is 0.0336. The molecule has 0 aromatic heterocycles. The van der Waals surface area contributed by atoms with Crippen LogP contribution in [0.3, 0.4) is 0 Å². The number of anilines is 2. The van der Waals surface area contributed by atoms with Crippen molar-refractivity contribution in [1.29, 1.82) is 0 Å². The number of fused-ring (bicyclic) bond motifs is 2. The van der Waals surface area contributed by atoms with Gasteiger partial charge in [-0.25, -0.2) is 0 Å². The molecule has 4 heteroatoms. The van der Waals surface area contributed by atoms with Gasteiger partial charge in [0.25, 0.3) is 0 Å². The third kappa shape index (κ3) is 3.56. The van der Waals surface area contributed by atoms with Gasteiger partial charge in [0.2, 0.25) is 5.91 Å². The molecule has 2 fully saturated rings. The minimum atomic E-state index is 0.0336. The van der Waals surface area contributed by atoms with Crippen molar-refractivity contribution in [3.05, 3.63) is 24.3 Å². The number of rotatable bonds is 5. The molecular formula is C17H25N3O. The van der Waals surface area contributed by atoms with Gasteiger partial charge in [0.15, 0.2) is 0 Å². The number of nitrogens with two attached hydrogens (primary N) is 1. The fraction of sp³-hybridized carbons (Fsp3) is 0.588. The van der Waals surface area contributed by atoms with Crippen LogP contribution in [0.4, 0.5) is 11.4 Å². The van der Waals surface area contributed by atoms with Crippen LogP contribution in [0.1, 0.15) is 25.7 Å². The fourth-order valence-electron chi connectivity index (χ4n) is 4.13. The van der Waals surface area contributed by atoms with Gasteiger partial charge >= 0.3 is 0 Å². The standard InChI is InChI=1S/C17H25N3O/c1-20(10-14-8-12-5-6-13(14)7-12)11-17(21)19-16-4-2-3-15(18)9-16/h2-4,9,12-14H,5-8,10-11,18H2,1H3,(H,19,21). The number of carbonyl (C=O) groups is 1. The lowest BCUT2D eigenvalue weighted by Gasteiger charge is -2.26. The third-order valence-corrected chi connectivity index (χ3v) is 5.01. The number of amides is 1. The van der Waals surface area contributed by atoms with Crippen molar-refractivity contribution < 1.29 is 4.79 Å². The second-order valence-electron chi connectivity index (χ2n) is 6.81. The van der Waals surface area contributed by atoms with Crippen LogP contribution in [0.5, 0.6) is 0 Å². The van der Waals surface area contributed by atoms with E-state index in [1.165, 1.54) is 25.7 Å². The summed E-state index contributed by atoms with van der Waals surface area (Å²) in [5.41, 5.74) is 7.16. The van der Waals surface area contributed by atoms with Crippen LogP contribution in [0, 0.1) is 17.8 Å². The molecule has 3 atom stereocenters. The maximum Gasteiger partial charge on any atom is 0.238 e. The summed E-state index contributed by atoms with van der Waals surface area (Å²) in [5.74, 6) is 2.71. The van der Waals surface area contributed by atoms with E-state index >= 15 is 0 Å². The molecule has 21 heavy (non-hydrogen) atoms. The predicted octanol–water partition coefficient (Wildman–Crippen LogP) is 2.58. The molecule has 0 saturated heterocycles. The van der Waals surface area contributed by atoms with Crippen LogP contribution in [-0.2, 0) is 4.79 Å². The highest BCUT2D eigenvalue weighted by Gasteiger charge is 2.39. The average Bonchev–Trinajstić information content (AvgIpc) is 3.00. The maximum absolute atomic E-state index is 12.1. The molecular weight excluding hydrogens is 262 g/mol. The summed E-state index contributed by atoms with van der Waals surface area (Å²) in [4.78, 5) is 14.2. The zero-order chi connectivity index (χ0) is 14.8. The van der Waals surface area contributed by atoms with Crippen LogP contribution < -0.4 is 11.1 Å². The smallest absolute Gasteiger partial charge is 0.238 e. The second kappa shape index (κ2) is 6.06. The zero-order valence-electron chi connectivity index (χ0n) is 12.7. The van der Waals surface area contributed by atoms with Crippen molar-refractivity contribution in [2.45, 2.75) is 25.7 Å². The van der Waals surface area contributed by atoms with Gasteiger partial charge in [-0.2, -0.15) is 0 Å². The molecule has 2 aliphatic rings. The maximum atomic E-state index is 12.1. The first-order valence-corrected chi connectivity index (χ1v) is 7.94. The summed E-state index contributed by atoms with van der Waals surface area (Å²) in [7, 11) is 2.05. The molecule has 3 N–H and O–H groups in total. The summed E-state index contributed by atoms with van der Waals surface area (Å²) in [6.45, 7) is 1.49. The van der Waals surface area contributed by atoms with Crippen molar-refractivity contribution in [3.8, 4) is 0 Å². The highest BCUT2D eigenvalue weighted by atomic mass is 16.2. The van der Waals surface area contributed by atoms with Crippen molar-refractivity contribution in [1.82, 2.24) is 4.90 Å². The molecule has 0 aliphatic heterocycles. The molecule has 1 aromatic carbocycles. The van der Waals surface area contributed by atoms with E-state index in [0.717, 1.165) is 30.0 Å². The highest BCUT2D eigenvalue weighted by Crippen LogP contribution is 2.48. The quantitative estimate of drug-likeness (QED) is 0.818. The minimum Gasteiger partial charge on any atom is -0.399 e. The van der Waals surface area contributed by atoms with Crippen LogP contribution in [0.25, 0.3) is 0 Å². The van der Waals surface area contributed by atoms with Gasteiger partial charge in [-0.15, -0.1) is 0 Å². The van der Waals surface area contributed by atoms with E-state index in [2.05, 4.69) is 10.2 Å². The van der Waals surface area contributed by atoms with E-state index in [-0.39, 0.29) is 5.91 Å². The van der Waals surface area contributed by atoms with Gasteiger partial charge in [-0.3, -0.25) is 9.69 Å². The first kappa shape index (κ1) is 14.4.